The number of piperazine rings is 1. The van der Waals surface area contributed by atoms with E-state index in [4.69, 9.17) is 4.74 Å². The number of anilines is 1. The molecule has 9 heteroatoms. The molecule has 2 fully saturated rings. The van der Waals surface area contributed by atoms with Crippen LogP contribution in [0.15, 0.2) is 65.7 Å². The lowest BCUT2D eigenvalue weighted by molar-refractivity contribution is 0.0452. The number of aromatic nitrogens is 1. The van der Waals surface area contributed by atoms with Crippen LogP contribution in [-0.2, 0) is 14.8 Å². The van der Waals surface area contributed by atoms with E-state index in [0.29, 0.717) is 29.2 Å². The number of hydrogen-bond acceptors (Lipinski definition) is 6. The van der Waals surface area contributed by atoms with E-state index >= 15 is 0 Å². The number of rotatable bonds is 6. The number of carbonyl (C=O) groups excluding carboxylic acids is 1. The Labute approximate surface area is 205 Å². The minimum Gasteiger partial charge on any atom is -0.381 e. The Morgan fingerprint density at radius 3 is 2.66 bits per heavy atom. The van der Waals surface area contributed by atoms with Crippen molar-refractivity contribution in [1.82, 2.24) is 14.8 Å². The molecule has 0 saturated carbocycles. The average molecular weight is 495 g/mol. The zero-order chi connectivity index (χ0) is 24.4. The summed E-state index contributed by atoms with van der Waals surface area (Å²) in [5, 5.41) is 0.752. The van der Waals surface area contributed by atoms with E-state index in [2.05, 4.69) is 21.5 Å². The second-order valence-corrected chi connectivity index (χ2v) is 11.0. The van der Waals surface area contributed by atoms with Gasteiger partial charge in [-0.15, -0.1) is 0 Å². The highest BCUT2D eigenvalue weighted by Gasteiger charge is 2.30. The van der Waals surface area contributed by atoms with E-state index in [-0.39, 0.29) is 16.8 Å². The van der Waals surface area contributed by atoms with Crippen molar-refractivity contribution in [3.05, 3.63) is 66.4 Å². The maximum Gasteiger partial charge on any atom is 0.264 e. The van der Waals surface area contributed by atoms with Crippen molar-refractivity contribution in [2.75, 3.05) is 44.1 Å². The van der Waals surface area contributed by atoms with E-state index in [0.717, 1.165) is 44.7 Å². The summed E-state index contributed by atoms with van der Waals surface area (Å²) < 4.78 is 34.2. The van der Waals surface area contributed by atoms with Gasteiger partial charge >= 0.3 is 0 Å². The molecule has 2 aromatic carbocycles. The third-order valence-electron chi connectivity index (χ3n) is 6.78. The molecular formula is C26H30N4O4S. The van der Waals surface area contributed by atoms with Crippen molar-refractivity contribution in [3.8, 4) is 0 Å². The third-order valence-corrected chi connectivity index (χ3v) is 8.20. The number of amides is 1. The molecule has 5 rings (SSSR count). The first-order chi connectivity index (χ1) is 16.9. The summed E-state index contributed by atoms with van der Waals surface area (Å²) in [5.74, 6) is 0.555. The van der Waals surface area contributed by atoms with Crippen LogP contribution in [0.4, 0.5) is 5.69 Å². The van der Waals surface area contributed by atoms with Crippen LogP contribution in [0.5, 0.6) is 0 Å². The van der Waals surface area contributed by atoms with Crippen molar-refractivity contribution in [2.45, 2.75) is 24.3 Å². The third kappa shape index (κ3) is 5.17. The van der Waals surface area contributed by atoms with Crippen molar-refractivity contribution in [3.63, 3.8) is 0 Å². The van der Waals surface area contributed by atoms with Crippen LogP contribution in [0, 0.1) is 5.92 Å². The summed E-state index contributed by atoms with van der Waals surface area (Å²) in [6.45, 7) is 7.16. The molecular weight excluding hydrogens is 464 g/mol. The summed E-state index contributed by atoms with van der Waals surface area (Å²) in [4.78, 5) is 21.9. The van der Waals surface area contributed by atoms with Gasteiger partial charge in [0.2, 0.25) is 0 Å². The van der Waals surface area contributed by atoms with E-state index in [1.165, 1.54) is 6.07 Å². The van der Waals surface area contributed by atoms with Gasteiger partial charge in [-0.1, -0.05) is 18.2 Å². The van der Waals surface area contributed by atoms with Crippen LogP contribution < -0.4 is 4.72 Å². The molecule has 2 atom stereocenters. The second kappa shape index (κ2) is 9.93. The quantitative estimate of drug-likeness (QED) is 0.566. The predicted octanol–water partition coefficient (Wildman–Crippen LogP) is 3.22. The second-order valence-electron chi connectivity index (χ2n) is 9.35. The lowest BCUT2D eigenvalue weighted by Gasteiger charge is -2.40. The van der Waals surface area contributed by atoms with Gasteiger partial charge in [-0.3, -0.25) is 19.4 Å². The Balaban J connectivity index is 1.24. The van der Waals surface area contributed by atoms with Gasteiger partial charge in [-0.25, -0.2) is 8.42 Å². The smallest absolute Gasteiger partial charge is 0.264 e. The zero-order valence-corrected chi connectivity index (χ0v) is 20.6. The molecule has 1 N–H and O–H groups in total. The van der Waals surface area contributed by atoms with Crippen LogP contribution in [0.25, 0.3) is 10.9 Å². The molecule has 2 saturated heterocycles. The molecule has 2 aliphatic rings. The molecule has 184 valence electrons. The summed E-state index contributed by atoms with van der Waals surface area (Å²) in [7, 11) is -3.84. The van der Waals surface area contributed by atoms with Crippen LogP contribution in [0.1, 0.15) is 23.7 Å². The monoisotopic (exact) mass is 494 g/mol. The number of hydrogen-bond donors (Lipinski definition) is 1. The number of fused-ring (bicyclic) bond motifs is 1. The fourth-order valence-corrected chi connectivity index (χ4v) is 6.18. The number of nitrogens with zero attached hydrogens (tertiary/aromatic N) is 3. The Hall–Kier alpha value is -3.01. The lowest BCUT2D eigenvalue weighted by atomic mass is 10.1. The van der Waals surface area contributed by atoms with E-state index < -0.39 is 10.0 Å². The van der Waals surface area contributed by atoms with Crippen LogP contribution in [0.3, 0.4) is 0 Å². The minimum absolute atomic E-state index is 0.0333. The molecule has 0 bridgehead atoms. The highest BCUT2D eigenvalue weighted by molar-refractivity contribution is 7.93. The highest BCUT2D eigenvalue weighted by atomic mass is 32.2. The largest absolute Gasteiger partial charge is 0.381 e. The first-order valence-electron chi connectivity index (χ1n) is 12.0. The van der Waals surface area contributed by atoms with Gasteiger partial charge in [0.1, 0.15) is 4.90 Å². The number of carbonyl (C=O) groups is 1. The number of nitrogens with one attached hydrogen (secondary N) is 1. The van der Waals surface area contributed by atoms with Gasteiger partial charge in [-0.2, -0.15) is 0 Å². The van der Waals surface area contributed by atoms with E-state index in [1.54, 1.807) is 42.6 Å². The molecule has 8 nitrogen and oxygen atoms in total. The van der Waals surface area contributed by atoms with Crippen LogP contribution in [-0.4, -0.2) is 74.5 Å². The molecule has 0 spiro atoms. The molecule has 1 unspecified atom stereocenters. The van der Waals surface area contributed by atoms with Gasteiger partial charge in [0, 0.05) is 61.7 Å². The standard InChI is InChI=1S/C26H30N4O4S/c1-19-16-29(17-20-11-15-34-18-20)13-14-30(19)26(31)22-7-9-23(10-8-22)28-35(32,33)24-6-2-4-21-5-3-12-27-25(21)24/h2-10,12,19-20,28H,11,13-18H2,1H3/t19-,20?/m1/s1. The maximum absolute atomic E-state index is 13.2. The van der Waals surface area contributed by atoms with Crippen molar-refractivity contribution >= 4 is 32.5 Å². The van der Waals surface area contributed by atoms with E-state index in [1.807, 2.05) is 17.0 Å². The number of pyridine rings is 1. The number of sulfonamides is 1. The highest BCUT2D eigenvalue weighted by Crippen LogP contribution is 2.24. The fourth-order valence-electron chi connectivity index (χ4n) is 4.94. The van der Waals surface area contributed by atoms with Crippen LogP contribution >= 0.6 is 0 Å². The fraction of sp³-hybridized carbons (Fsp3) is 0.385. The van der Waals surface area contributed by atoms with E-state index in [9.17, 15) is 13.2 Å². The molecule has 2 aliphatic heterocycles. The Kier molecular flexibility index (Phi) is 6.73. The maximum atomic E-state index is 13.2. The summed E-state index contributed by atoms with van der Waals surface area (Å²) in [6, 6.07) is 15.4. The topological polar surface area (TPSA) is 91.8 Å². The van der Waals surface area contributed by atoms with Crippen molar-refractivity contribution in [2.24, 2.45) is 5.92 Å². The average Bonchev–Trinajstić information content (AvgIpc) is 3.37. The predicted molar refractivity (Wildman–Crippen MR) is 135 cm³/mol. The van der Waals surface area contributed by atoms with Crippen molar-refractivity contribution in [1.29, 1.82) is 0 Å². The van der Waals surface area contributed by atoms with Gasteiger partial charge in [0.15, 0.2) is 0 Å². The normalized spacial score (nSPS) is 21.3. The molecule has 35 heavy (non-hydrogen) atoms. The summed E-state index contributed by atoms with van der Waals surface area (Å²) in [6.07, 6.45) is 2.69. The van der Waals surface area contributed by atoms with Gasteiger partial charge < -0.3 is 9.64 Å². The SMILES string of the molecule is C[C@@H]1CN(CC2CCOC2)CCN1C(=O)c1ccc(NS(=O)(=O)c2cccc3cccnc23)cc1. The molecule has 3 heterocycles. The number of para-hydroxylation sites is 1. The first kappa shape index (κ1) is 23.7. The van der Waals surface area contributed by atoms with Gasteiger partial charge in [0.05, 0.1) is 12.1 Å². The van der Waals surface area contributed by atoms with Gasteiger partial charge in [-0.05, 0) is 55.7 Å². The molecule has 1 amide bonds. The molecule has 1 aromatic heterocycles. The molecule has 3 aromatic rings. The summed E-state index contributed by atoms with van der Waals surface area (Å²) in [5.41, 5.74) is 1.36. The minimum atomic E-state index is -3.84. The van der Waals surface area contributed by atoms with Crippen LogP contribution in [0.2, 0.25) is 0 Å². The Morgan fingerprint density at radius 2 is 1.91 bits per heavy atom. The van der Waals surface area contributed by atoms with Gasteiger partial charge in [0.25, 0.3) is 15.9 Å². The molecule has 0 aliphatic carbocycles. The number of ether oxygens (including phenoxy) is 1. The number of benzene rings is 2. The Bertz CT molecular complexity index is 1300. The zero-order valence-electron chi connectivity index (χ0n) is 19.8. The van der Waals surface area contributed by atoms with Crippen molar-refractivity contribution < 1.29 is 17.9 Å². The Morgan fingerprint density at radius 1 is 1.11 bits per heavy atom. The summed E-state index contributed by atoms with van der Waals surface area (Å²) >= 11 is 0. The lowest BCUT2D eigenvalue weighted by Crippen LogP contribution is -2.54. The molecule has 0 radical (unpaired) electrons. The first-order valence-corrected chi connectivity index (χ1v) is 13.5.